The van der Waals surface area contributed by atoms with Crippen LogP contribution in [0.5, 0.6) is 0 Å². The van der Waals surface area contributed by atoms with Crippen molar-refractivity contribution < 1.29 is 9.90 Å². The minimum atomic E-state index is -0.545. The lowest BCUT2D eigenvalue weighted by molar-refractivity contribution is -0.159. The van der Waals surface area contributed by atoms with Crippen LogP contribution in [0.4, 0.5) is 0 Å². The predicted octanol–water partition coefficient (Wildman–Crippen LogP) is 6.97. The van der Waals surface area contributed by atoms with E-state index in [1.165, 1.54) is 68.9 Å². The molecule has 1 aromatic carbocycles. The van der Waals surface area contributed by atoms with E-state index in [9.17, 15) is 9.90 Å². The highest BCUT2D eigenvalue weighted by Gasteiger charge is 2.58. The summed E-state index contributed by atoms with van der Waals surface area (Å²) in [5.74, 6) is 0.130. The van der Waals surface area contributed by atoms with Gasteiger partial charge in [-0.25, -0.2) is 0 Å². The molecule has 27 heavy (non-hydrogen) atoms. The zero-order valence-electron chi connectivity index (χ0n) is 16.8. The van der Waals surface area contributed by atoms with E-state index >= 15 is 0 Å². The lowest BCUT2D eigenvalue weighted by Crippen LogP contribution is -2.53. The van der Waals surface area contributed by atoms with E-state index in [0.717, 1.165) is 38.5 Å². The number of hydrogen-bond acceptors (Lipinski definition) is 1. The molecule has 0 radical (unpaired) electrons. The van der Waals surface area contributed by atoms with E-state index in [4.69, 9.17) is 0 Å². The molecule has 1 aromatic rings. The highest BCUT2D eigenvalue weighted by Crippen LogP contribution is 2.59. The van der Waals surface area contributed by atoms with Crippen LogP contribution in [0, 0.1) is 5.41 Å². The average molecular weight is 369 g/mol. The molecule has 0 atom stereocenters. The van der Waals surface area contributed by atoms with Gasteiger partial charge in [-0.3, -0.25) is 4.79 Å². The van der Waals surface area contributed by atoms with Crippen LogP contribution in [0.3, 0.4) is 0 Å². The van der Waals surface area contributed by atoms with Crippen LogP contribution in [0.15, 0.2) is 24.3 Å². The van der Waals surface area contributed by atoms with Crippen molar-refractivity contribution in [3.63, 3.8) is 0 Å². The third kappa shape index (κ3) is 3.23. The largest absolute Gasteiger partial charge is 0.481 e. The summed E-state index contributed by atoms with van der Waals surface area (Å²) in [4.78, 5) is 12.8. The van der Waals surface area contributed by atoms with Gasteiger partial charge in [-0.05, 0) is 55.6 Å². The Morgan fingerprint density at radius 3 is 1.96 bits per heavy atom. The van der Waals surface area contributed by atoms with Crippen molar-refractivity contribution >= 4 is 5.97 Å². The highest BCUT2D eigenvalue weighted by atomic mass is 16.4. The predicted molar refractivity (Wildman–Crippen MR) is 110 cm³/mol. The Bertz CT molecular complexity index is 644. The van der Waals surface area contributed by atoms with Gasteiger partial charge >= 0.3 is 5.97 Å². The van der Waals surface area contributed by atoms with Gasteiger partial charge in [0.1, 0.15) is 0 Å². The molecular weight excluding hydrogens is 332 g/mol. The summed E-state index contributed by atoms with van der Waals surface area (Å²) in [6.45, 7) is 0. The molecule has 3 aliphatic rings. The summed E-state index contributed by atoms with van der Waals surface area (Å²) in [5, 5.41) is 10.6. The maximum Gasteiger partial charge on any atom is 0.310 e. The van der Waals surface area contributed by atoms with Crippen molar-refractivity contribution in [1.82, 2.24) is 0 Å². The van der Waals surface area contributed by atoms with E-state index in [-0.39, 0.29) is 5.41 Å². The van der Waals surface area contributed by atoms with Gasteiger partial charge in [0.2, 0.25) is 0 Å². The van der Waals surface area contributed by atoms with Gasteiger partial charge in [-0.2, -0.15) is 0 Å². The minimum Gasteiger partial charge on any atom is -0.481 e. The monoisotopic (exact) mass is 368 g/mol. The van der Waals surface area contributed by atoms with Crippen LogP contribution in [0.1, 0.15) is 113 Å². The molecule has 3 aliphatic carbocycles. The first-order valence-corrected chi connectivity index (χ1v) is 11.5. The Kier molecular flexibility index (Phi) is 5.62. The second-order valence-corrected chi connectivity index (χ2v) is 9.51. The number of carboxylic acids is 1. The molecule has 4 rings (SSSR count). The molecule has 148 valence electrons. The maximum atomic E-state index is 12.8. The molecule has 0 heterocycles. The summed E-state index contributed by atoms with van der Waals surface area (Å²) >= 11 is 0. The maximum absolute atomic E-state index is 12.8. The first-order valence-electron chi connectivity index (χ1n) is 11.5. The Morgan fingerprint density at radius 1 is 0.778 bits per heavy atom. The number of hydrogen-bond donors (Lipinski definition) is 1. The molecule has 0 amide bonds. The molecule has 2 nitrogen and oxygen atoms in total. The molecule has 0 aliphatic heterocycles. The van der Waals surface area contributed by atoms with Crippen LogP contribution < -0.4 is 0 Å². The van der Waals surface area contributed by atoms with E-state index in [1.54, 1.807) is 0 Å². The topological polar surface area (TPSA) is 37.3 Å². The van der Waals surface area contributed by atoms with Crippen LogP contribution in [0.25, 0.3) is 0 Å². The van der Waals surface area contributed by atoms with E-state index < -0.39 is 11.4 Å². The second-order valence-electron chi connectivity index (χ2n) is 9.51. The van der Waals surface area contributed by atoms with E-state index in [2.05, 4.69) is 24.3 Å². The van der Waals surface area contributed by atoms with Gasteiger partial charge < -0.3 is 5.11 Å². The summed E-state index contributed by atoms with van der Waals surface area (Å²) in [5.41, 5.74) is 2.24. The number of rotatable bonds is 4. The number of carboxylic acid groups (broad SMARTS) is 1. The Labute approximate surface area is 164 Å². The van der Waals surface area contributed by atoms with Gasteiger partial charge in [-0.15, -0.1) is 0 Å². The molecule has 3 saturated carbocycles. The zero-order chi connectivity index (χ0) is 18.7. The summed E-state index contributed by atoms with van der Waals surface area (Å²) in [7, 11) is 0. The van der Waals surface area contributed by atoms with Gasteiger partial charge in [0.05, 0.1) is 5.41 Å². The Balaban J connectivity index is 1.84. The van der Waals surface area contributed by atoms with Crippen molar-refractivity contribution in [3.8, 4) is 0 Å². The Morgan fingerprint density at radius 2 is 1.33 bits per heavy atom. The number of aliphatic carboxylic acids is 1. The van der Waals surface area contributed by atoms with Crippen LogP contribution in [0.2, 0.25) is 0 Å². The number of carbonyl (C=O) groups is 1. The van der Waals surface area contributed by atoms with Crippen molar-refractivity contribution in [2.75, 3.05) is 0 Å². The van der Waals surface area contributed by atoms with Crippen molar-refractivity contribution in [1.29, 1.82) is 0 Å². The molecule has 2 heteroatoms. The molecule has 0 spiro atoms. The van der Waals surface area contributed by atoms with Crippen molar-refractivity contribution in [3.05, 3.63) is 35.4 Å². The third-order valence-electron chi connectivity index (χ3n) is 8.26. The fraction of sp³-hybridized carbons (Fsp3) is 0.720. The lowest BCUT2D eigenvalue weighted by atomic mass is 9.49. The SMILES string of the molecule is O=C(O)C1(C2(c3ccccc3C3CCCCC3)CCCCC2)CCCCC1. The normalized spacial score (nSPS) is 25.8. The molecule has 1 N–H and O–H groups in total. The van der Waals surface area contributed by atoms with E-state index in [1.807, 2.05) is 0 Å². The molecular formula is C25H36O2. The Hall–Kier alpha value is -1.31. The first kappa shape index (κ1) is 19.0. The molecule has 0 saturated heterocycles. The second kappa shape index (κ2) is 7.97. The van der Waals surface area contributed by atoms with Crippen LogP contribution >= 0.6 is 0 Å². The highest BCUT2D eigenvalue weighted by molar-refractivity contribution is 5.78. The molecule has 0 bridgehead atoms. The number of benzene rings is 1. The summed E-state index contributed by atoms with van der Waals surface area (Å²) in [6, 6.07) is 9.04. The summed E-state index contributed by atoms with van der Waals surface area (Å²) in [6.07, 6.45) is 17.5. The molecule has 0 aromatic heterocycles. The average Bonchev–Trinajstić information content (AvgIpc) is 2.75. The summed E-state index contributed by atoms with van der Waals surface area (Å²) < 4.78 is 0. The third-order valence-corrected chi connectivity index (χ3v) is 8.26. The minimum absolute atomic E-state index is 0.147. The van der Waals surface area contributed by atoms with Gasteiger partial charge in [0.25, 0.3) is 0 Å². The molecule has 3 fully saturated rings. The molecule has 0 unspecified atom stereocenters. The van der Waals surface area contributed by atoms with Gasteiger partial charge in [0.15, 0.2) is 0 Å². The van der Waals surface area contributed by atoms with Crippen LogP contribution in [-0.4, -0.2) is 11.1 Å². The van der Waals surface area contributed by atoms with Gasteiger partial charge in [-0.1, -0.05) is 82.1 Å². The fourth-order valence-corrected chi connectivity index (χ4v) is 6.92. The van der Waals surface area contributed by atoms with Gasteiger partial charge in [0, 0.05) is 5.41 Å². The first-order chi connectivity index (χ1) is 13.2. The zero-order valence-corrected chi connectivity index (χ0v) is 16.8. The van der Waals surface area contributed by atoms with Crippen molar-refractivity contribution in [2.45, 2.75) is 108 Å². The fourth-order valence-electron chi connectivity index (χ4n) is 6.92. The smallest absolute Gasteiger partial charge is 0.310 e. The quantitative estimate of drug-likeness (QED) is 0.623. The standard InChI is InChI=1S/C25H36O2/c26-23(27)25(18-10-3-11-19-25)24(16-8-2-9-17-24)22-15-7-6-14-21(22)20-12-4-1-5-13-20/h6-7,14-15,20H,1-5,8-13,16-19H2,(H,26,27). The van der Waals surface area contributed by atoms with Crippen LogP contribution in [-0.2, 0) is 10.2 Å². The van der Waals surface area contributed by atoms with E-state index in [0.29, 0.717) is 5.92 Å². The lowest BCUT2D eigenvalue weighted by Gasteiger charge is -2.53. The van der Waals surface area contributed by atoms with Crippen molar-refractivity contribution in [2.24, 2.45) is 5.41 Å².